The molecule has 0 bridgehead atoms. The zero-order valence-electron chi connectivity index (χ0n) is 15.3. The van der Waals surface area contributed by atoms with Gasteiger partial charge in [0.05, 0.1) is 6.61 Å². The highest BCUT2D eigenvalue weighted by atomic mass is 16.5. The minimum Gasteiger partial charge on any atom is -0.489 e. The third-order valence-electron chi connectivity index (χ3n) is 4.83. The molecule has 3 heterocycles. The van der Waals surface area contributed by atoms with Crippen LogP contribution in [0, 0.1) is 12.8 Å². The van der Waals surface area contributed by atoms with E-state index in [1.807, 2.05) is 13.0 Å². The Labute approximate surface area is 157 Å². The number of ether oxygens (including phenoxy) is 1. The Kier molecular flexibility index (Phi) is 4.95. The van der Waals surface area contributed by atoms with Crippen molar-refractivity contribution in [2.75, 3.05) is 11.9 Å². The van der Waals surface area contributed by atoms with Gasteiger partial charge in [-0.25, -0.2) is 14.5 Å². The van der Waals surface area contributed by atoms with Crippen LogP contribution >= 0.6 is 0 Å². The van der Waals surface area contributed by atoms with E-state index in [0.717, 1.165) is 5.69 Å². The van der Waals surface area contributed by atoms with Gasteiger partial charge >= 0.3 is 0 Å². The molecule has 1 saturated carbocycles. The van der Waals surface area contributed by atoms with Crippen LogP contribution in [-0.4, -0.2) is 37.1 Å². The van der Waals surface area contributed by atoms with E-state index in [0.29, 0.717) is 29.9 Å². The maximum atomic E-state index is 12.6. The lowest BCUT2D eigenvalue weighted by Crippen LogP contribution is -2.18. The number of nitrogens with zero attached hydrogens (tertiary/aromatic N) is 5. The highest BCUT2D eigenvalue weighted by Gasteiger charge is 2.18. The minimum absolute atomic E-state index is 0.0423. The van der Waals surface area contributed by atoms with E-state index in [2.05, 4.69) is 25.4 Å². The van der Waals surface area contributed by atoms with Gasteiger partial charge in [0.2, 0.25) is 5.82 Å². The summed E-state index contributed by atoms with van der Waals surface area (Å²) in [6, 6.07) is 5.41. The van der Waals surface area contributed by atoms with Gasteiger partial charge in [0.1, 0.15) is 0 Å². The van der Waals surface area contributed by atoms with Gasteiger partial charge in [-0.05, 0) is 43.9 Å². The van der Waals surface area contributed by atoms with Crippen molar-refractivity contribution in [1.29, 1.82) is 0 Å². The zero-order valence-corrected chi connectivity index (χ0v) is 15.3. The second-order valence-corrected chi connectivity index (χ2v) is 6.85. The van der Waals surface area contributed by atoms with Crippen LogP contribution in [0.5, 0.6) is 5.75 Å². The Morgan fingerprint density at radius 3 is 2.89 bits per heavy atom. The normalized spacial score (nSPS) is 15.0. The number of pyridine rings is 1. The lowest BCUT2D eigenvalue weighted by molar-refractivity contribution is 0.101. The van der Waals surface area contributed by atoms with E-state index in [9.17, 15) is 4.79 Å². The van der Waals surface area contributed by atoms with Gasteiger partial charge in [-0.1, -0.05) is 19.3 Å². The van der Waals surface area contributed by atoms with E-state index in [-0.39, 0.29) is 5.82 Å². The zero-order chi connectivity index (χ0) is 18.6. The fourth-order valence-electron chi connectivity index (χ4n) is 3.33. The smallest absolute Gasteiger partial charge is 0.296 e. The van der Waals surface area contributed by atoms with Gasteiger partial charge in [-0.15, -0.1) is 5.10 Å². The van der Waals surface area contributed by atoms with Crippen molar-refractivity contribution in [2.45, 2.75) is 39.0 Å². The van der Waals surface area contributed by atoms with E-state index >= 15 is 0 Å². The summed E-state index contributed by atoms with van der Waals surface area (Å²) in [6.45, 7) is 2.52. The number of hydrogen-bond acceptors (Lipinski definition) is 6. The first-order valence-corrected chi connectivity index (χ1v) is 9.28. The molecule has 1 aliphatic rings. The second kappa shape index (κ2) is 7.69. The molecule has 3 aromatic rings. The molecule has 27 heavy (non-hydrogen) atoms. The van der Waals surface area contributed by atoms with Crippen LogP contribution < -0.4 is 10.1 Å². The molecule has 0 unspecified atom stereocenters. The van der Waals surface area contributed by atoms with E-state index in [4.69, 9.17) is 4.74 Å². The van der Waals surface area contributed by atoms with E-state index in [1.165, 1.54) is 36.6 Å². The summed E-state index contributed by atoms with van der Waals surface area (Å²) in [4.78, 5) is 25.1. The Morgan fingerprint density at radius 2 is 2.07 bits per heavy atom. The molecule has 4 rings (SSSR count). The first kappa shape index (κ1) is 17.4. The predicted molar refractivity (Wildman–Crippen MR) is 99.8 cm³/mol. The Balaban J connectivity index is 1.48. The number of aryl methyl sites for hydroxylation is 1. The largest absolute Gasteiger partial charge is 0.489 e. The molecule has 0 atom stereocenters. The van der Waals surface area contributed by atoms with Crippen molar-refractivity contribution < 1.29 is 9.53 Å². The summed E-state index contributed by atoms with van der Waals surface area (Å²) in [6.07, 6.45) is 9.47. The van der Waals surface area contributed by atoms with Crippen molar-refractivity contribution in [3.8, 4) is 5.75 Å². The number of aromatic nitrogens is 5. The van der Waals surface area contributed by atoms with Crippen LogP contribution in [0.25, 0.3) is 5.78 Å². The third-order valence-corrected chi connectivity index (χ3v) is 4.83. The summed E-state index contributed by atoms with van der Waals surface area (Å²) in [5.74, 6) is 1.49. The topological polar surface area (TPSA) is 94.3 Å². The average Bonchev–Trinajstić information content (AvgIpc) is 3.14. The summed E-state index contributed by atoms with van der Waals surface area (Å²) >= 11 is 0. The molecule has 1 N–H and O–H groups in total. The number of rotatable bonds is 5. The van der Waals surface area contributed by atoms with Gasteiger partial charge in [0.15, 0.2) is 11.6 Å². The third kappa shape index (κ3) is 3.89. The average molecular weight is 366 g/mol. The monoisotopic (exact) mass is 366 g/mol. The number of carbonyl (C=O) groups excluding carboxylic acids is 1. The summed E-state index contributed by atoms with van der Waals surface area (Å²) in [5, 5.41) is 6.97. The minimum atomic E-state index is -0.443. The molecule has 0 radical (unpaired) electrons. The summed E-state index contributed by atoms with van der Waals surface area (Å²) < 4.78 is 7.49. The Hall–Kier alpha value is -3.03. The fourth-order valence-corrected chi connectivity index (χ4v) is 3.33. The van der Waals surface area contributed by atoms with Gasteiger partial charge < -0.3 is 10.1 Å². The van der Waals surface area contributed by atoms with Crippen LogP contribution in [0.15, 0.2) is 30.6 Å². The van der Waals surface area contributed by atoms with Crippen molar-refractivity contribution >= 4 is 17.5 Å². The Bertz CT molecular complexity index is 948. The SMILES string of the molecule is Cc1ccnc2nc(C(=O)Nc3ncccc3OCC3CCCCC3)nn12. The molecule has 0 saturated heterocycles. The molecular weight excluding hydrogens is 344 g/mol. The molecule has 0 spiro atoms. The summed E-state index contributed by atoms with van der Waals surface area (Å²) in [5.41, 5.74) is 0.848. The quantitative estimate of drug-likeness (QED) is 0.746. The van der Waals surface area contributed by atoms with E-state index in [1.54, 1.807) is 24.5 Å². The van der Waals surface area contributed by atoms with Crippen molar-refractivity contribution in [2.24, 2.45) is 5.92 Å². The van der Waals surface area contributed by atoms with E-state index < -0.39 is 5.91 Å². The summed E-state index contributed by atoms with van der Waals surface area (Å²) in [7, 11) is 0. The molecule has 8 heteroatoms. The molecule has 1 amide bonds. The molecular formula is C19H22N6O2. The van der Waals surface area contributed by atoms with Crippen LogP contribution in [0.2, 0.25) is 0 Å². The lowest BCUT2D eigenvalue weighted by atomic mass is 9.90. The molecule has 8 nitrogen and oxygen atoms in total. The second-order valence-electron chi connectivity index (χ2n) is 6.85. The van der Waals surface area contributed by atoms with Gasteiger partial charge in [0.25, 0.3) is 11.7 Å². The number of fused-ring (bicyclic) bond motifs is 1. The lowest BCUT2D eigenvalue weighted by Gasteiger charge is -2.22. The predicted octanol–water partition coefficient (Wildman–Crippen LogP) is 3.04. The van der Waals surface area contributed by atoms with Crippen molar-refractivity contribution in [1.82, 2.24) is 24.6 Å². The first-order valence-electron chi connectivity index (χ1n) is 9.28. The van der Waals surface area contributed by atoms with Crippen LogP contribution in [0.4, 0.5) is 5.82 Å². The number of hydrogen-bond donors (Lipinski definition) is 1. The molecule has 0 aliphatic heterocycles. The first-order chi connectivity index (χ1) is 13.2. The van der Waals surface area contributed by atoms with Crippen LogP contribution in [0.1, 0.15) is 48.4 Å². The number of anilines is 1. The molecule has 0 aromatic carbocycles. The standard InChI is InChI=1S/C19H22N6O2/c1-13-9-11-21-19-23-17(24-25(13)19)18(26)22-16-15(8-5-10-20-16)27-12-14-6-3-2-4-7-14/h5,8-11,14H,2-4,6-7,12H2,1H3,(H,20,22,26). The molecule has 3 aromatic heterocycles. The van der Waals surface area contributed by atoms with Gasteiger partial charge in [0, 0.05) is 18.1 Å². The molecule has 140 valence electrons. The maximum Gasteiger partial charge on any atom is 0.296 e. The van der Waals surface area contributed by atoms with Crippen LogP contribution in [-0.2, 0) is 0 Å². The molecule has 1 fully saturated rings. The van der Waals surface area contributed by atoms with Gasteiger partial charge in [-0.2, -0.15) is 4.98 Å². The highest BCUT2D eigenvalue weighted by Crippen LogP contribution is 2.27. The number of nitrogens with one attached hydrogen (secondary N) is 1. The Morgan fingerprint density at radius 1 is 1.22 bits per heavy atom. The van der Waals surface area contributed by atoms with Crippen molar-refractivity contribution in [3.63, 3.8) is 0 Å². The van der Waals surface area contributed by atoms with Crippen LogP contribution in [0.3, 0.4) is 0 Å². The maximum absolute atomic E-state index is 12.6. The number of carbonyl (C=O) groups is 1. The van der Waals surface area contributed by atoms with Crippen molar-refractivity contribution in [3.05, 3.63) is 42.1 Å². The highest BCUT2D eigenvalue weighted by molar-refractivity contribution is 6.01. The number of amides is 1. The van der Waals surface area contributed by atoms with Gasteiger partial charge in [-0.3, -0.25) is 4.79 Å². The molecule has 1 aliphatic carbocycles. The fraction of sp³-hybridized carbons (Fsp3) is 0.421.